The summed E-state index contributed by atoms with van der Waals surface area (Å²) in [6.07, 6.45) is 3.25. The molecule has 0 aromatic carbocycles. The minimum Gasteiger partial charge on any atom is -0.323 e. The normalized spacial score (nSPS) is 19.0. The highest BCUT2D eigenvalue weighted by molar-refractivity contribution is 5.95. The monoisotopic (exact) mass is 292 g/mol. The molecule has 0 bridgehead atoms. The van der Waals surface area contributed by atoms with Crippen molar-refractivity contribution in [1.82, 2.24) is 9.88 Å². The SMILES string of the molecule is Cc1ncc(NC(=O)C2CCCN2C(C)C)cc1[N+](=O)[O-]. The summed E-state index contributed by atoms with van der Waals surface area (Å²) < 4.78 is 0. The Kier molecular flexibility index (Phi) is 4.52. The predicted octanol–water partition coefficient (Wildman–Crippen LogP) is 2.11. The highest BCUT2D eigenvalue weighted by atomic mass is 16.6. The number of hydrogen-bond acceptors (Lipinski definition) is 5. The van der Waals surface area contributed by atoms with Gasteiger partial charge in [0, 0.05) is 12.1 Å². The maximum atomic E-state index is 12.3. The van der Waals surface area contributed by atoms with Crippen molar-refractivity contribution in [2.75, 3.05) is 11.9 Å². The Hall–Kier alpha value is -2.02. The number of hydrogen-bond donors (Lipinski definition) is 1. The Morgan fingerprint density at radius 1 is 1.57 bits per heavy atom. The number of amides is 1. The van der Waals surface area contributed by atoms with Crippen molar-refractivity contribution in [1.29, 1.82) is 0 Å². The van der Waals surface area contributed by atoms with Crippen LogP contribution in [0, 0.1) is 17.0 Å². The lowest BCUT2D eigenvalue weighted by Gasteiger charge is -2.27. The van der Waals surface area contributed by atoms with E-state index in [0.717, 1.165) is 19.4 Å². The molecule has 1 N–H and O–H groups in total. The summed E-state index contributed by atoms with van der Waals surface area (Å²) in [7, 11) is 0. The van der Waals surface area contributed by atoms with E-state index >= 15 is 0 Å². The smallest absolute Gasteiger partial charge is 0.292 e. The van der Waals surface area contributed by atoms with Crippen molar-refractivity contribution in [3.8, 4) is 0 Å². The molecule has 7 nitrogen and oxygen atoms in total. The minimum atomic E-state index is -0.492. The quantitative estimate of drug-likeness (QED) is 0.678. The van der Waals surface area contributed by atoms with E-state index in [1.165, 1.54) is 12.3 Å². The summed E-state index contributed by atoms with van der Waals surface area (Å²) in [4.78, 5) is 28.9. The molecule has 0 spiro atoms. The molecule has 1 atom stereocenters. The van der Waals surface area contributed by atoms with Gasteiger partial charge in [-0.15, -0.1) is 0 Å². The summed E-state index contributed by atoms with van der Waals surface area (Å²) in [6.45, 7) is 6.59. The van der Waals surface area contributed by atoms with Crippen LogP contribution in [-0.4, -0.2) is 39.3 Å². The van der Waals surface area contributed by atoms with Gasteiger partial charge < -0.3 is 5.32 Å². The van der Waals surface area contributed by atoms with Crippen LogP contribution >= 0.6 is 0 Å². The highest BCUT2D eigenvalue weighted by Gasteiger charge is 2.32. The van der Waals surface area contributed by atoms with Crippen molar-refractivity contribution >= 4 is 17.3 Å². The zero-order valence-electron chi connectivity index (χ0n) is 12.5. The van der Waals surface area contributed by atoms with Gasteiger partial charge in [0.2, 0.25) is 5.91 Å². The molecule has 0 aliphatic carbocycles. The van der Waals surface area contributed by atoms with E-state index in [0.29, 0.717) is 17.4 Å². The summed E-state index contributed by atoms with van der Waals surface area (Å²) in [5, 5.41) is 13.6. The number of carbonyl (C=O) groups excluding carboxylic acids is 1. The van der Waals surface area contributed by atoms with E-state index in [4.69, 9.17) is 0 Å². The van der Waals surface area contributed by atoms with Crippen LogP contribution in [0.3, 0.4) is 0 Å². The fourth-order valence-corrected chi connectivity index (χ4v) is 2.69. The van der Waals surface area contributed by atoms with E-state index in [2.05, 4.69) is 29.0 Å². The number of likely N-dealkylation sites (tertiary alicyclic amines) is 1. The van der Waals surface area contributed by atoms with Crippen molar-refractivity contribution in [2.24, 2.45) is 0 Å². The maximum absolute atomic E-state index is 12.3. The fourth-order valence-electron chi connectivity index (χ4n) is 2.69. The molecule has 1 unspecified atom stereocenters. The van der Waals surface area contributed by atoms with E-state index < -0.39 is 4.92 Å². The number of nitrogens with one attached hydrogen (secondary N) is 1. The Bertz CT molecular complexity index is 559. The molecule has 1 aliphatic heterocycles. The Morgan fingerprint density at radius 2 is 2.29 bits per heavy atom. The van der Waals surface area contributed by atoms with Crippen molar-refractivity contribution in [3.63, 3.8) is 0 Å². The molecule has 1 fully saturated rings. The first-order valence-electron chi connectivity index (χ1n) is 7.07. The third-order valence-corrected chi connectivity index (χ3v) is 3.78. The summed E-state index contributed by atoms with van der Waals surface area (Å²) in [5.74, 6) is -0.124. The second-order valence-electron chi connectivity index (χ2n) is 5.56. The standard InChI is InChI=1S/C14H20N4O3/c1-9(2)17-6-4-5-12(17)14(19)16-11-7-13(18(20)21)10(3)15-8-11/h7-9,12H,4-6H2,1-3H3,(H,16,19). The average molecular weight is 292 g/mol. The molecule has 2 rings (SSSR count). The van der Waals surface area contributed by atoms with Crippen LogP contribution in [-0.2, 0) is 4.79 Å². The van der Waals surface area contributed by atoms with Gasteiger partial charge in [0.05, 0.1) is 22.8 Å². The van der Waals surface area contributed by atoms with Crippen LogP contribution in [0.4, 0.5) is 11.4 Å². The summed E-state index contributed by atoms with van der Waals surface area (Å²) >= 11 is 0. The third-order valence-electron chi connectivity index (χ3n) is 3.78. The fraction of sp³-hybridized carbons (Fsp3) is 0.571. The maximum Gasteiger partial charge on any atom is 0.292 e. The van der Waals surface area contributed by atoms with Gasteiger partial charge in [-0.3, -0.25) is 24.8 Å². The van der Waals surface area contributed by atoms with Gasteiger partial charge in [-0.2, -0.15) is 0 Å². The molecule has 0 saturated carbocycles. The van der Waals surface area contributed by atoms with Gasteiger partial charge >= 0.3 is 0 Å². The van der Waals surface area contributed by atoms with E-state index in [1.54, 1.807) is 6.92 Å². The zero-order valence-corrected chi connectivity index (χ0v) is 12.5. The lowest BCUT2D eigenvalue weighted by Crippen LogP contribution is -2.43. The number of nitro groups is 1. The van der Waals surface area contributed by atoms with Crippen LogP contribution < -0.4 is 5.32 Å². The number of carbonyl (C=O) groups is 1. The van der Waals surface area contributed by atoms with Crippen molar-refractivity contribution in [2.45, 2.75) is 45.7 Å². The van der Waals surface area contributed by atoms with Gasteiger partial charge in [0.25, 0.3) is 5.69 Å². The summed E-state index contributed by atoms with van der Waals surface area (Å²) in [5.41, 5.74) is 0.621. The Labute approximate surface area is 123 Å². The van der Waals surface area contributed by atoms with Crippen LogP contribution in [0.15, 0.2) is 12.3 Å². The number of anilines is 1. The topological polar surface area (TPSA) is 88.4 Å². The number of nitrogens with zero attached hydrogens (tertiary/aromatic N) is 3. The Balaban J connectivity index is 2.13. The number of pyridine rings is 1. The number of aromatic nitrogens is 1. The molecule has 1 saturated heterocycles. The lowest BCUT2D eigenvalue weighted by molar-refractivity contribution is -0.385. The lowest BCUT2D eigenvalue weighted by atomic mass is 10.2. The van der Waals surface area contributed by atoms with Gasteiger partial charge in [-0.1, -0.05) is 0 Å². The molecule has 2 heterocycles. The van der Waals surface area contributed by atoms with Crippen LogP contribution in [0.5, 0.6) is 0 Å². The van der Waals surface area contributed by atoms with Crippen LogP contribution in [0.25, 0.3) is 0 Å². The van der Waals surface area contributed by atoms with Crippen LogP contribution in [0.1, 0.15) is 32.4 Å². The van der Waals surface area contributed by atoms with Gasteiger partial charge in [-0.25, -0.2) is 0 Å². The molecule has 0 radical (unpaired) electrons. The highest BCUT2D eigenvalue weighted by Crippen LogP contribution is 2.23. The van der Waals surface area contributed by atoms with Gasteiger partial charge in [-0.05, 0) is 40.2 Å². The predicted molar refractivity (Wildman–Crippen MR) is 79.1 cm³/mol. The molecule has 1 aliphatic rings. The molecule has 1 amide bonds. The molecule has 114 valence electrons. The molecular formula is C14H20N4O3. The largest absolute Gasteiger partial charge is 0.323 e. The zero-order chi connectivity index (χ0) is 15.6. The van der Waals surface area contributed by atoms with E-state index in [1.807, 2.05) is 0 Å². The second-order valence-corrected chi connectivity index (χ2v) is 5.56. The molecule has 1 aromatic rings. The Morgan fingerprint density at radius 3 is 2.90 bits per heavy atom. The molecule has 7 heteroatoms. The van der Waals surface area contributed by atoms with Crippen molar-refractivity contribution < 1.29 is 9.72 Å². The third kappa shape index (κ3) is 3.36. The first kappa shape index (κ1) is 15.4. The average Bonchev–Trinajstić information content (AvgIpc) is 2.90. The number of aryl methyl sites for hydroxylation is 1. The van der Waals surface area contributed by atoms with E-state index in [-0.39, 0.29) is 17.6 Å². The van der Waals surface area contributed by atoms with Crippen LogP contribution in [0.2, 0.25) is 0 Å². The van der Waals surface area contributed by atoms with Gasteiger partial charge in [0.15, 0.2) is 0 Å². The van der Waals surface area contributed by atoms with Crippen molar-refractivity contribution in [3.05, 3.63) is 28.1 Å². The van der Waals surface area contributed by atoms with Gasteiger partial charge in [0.1, 0.15) is 5.69 Å². The molecular weight excluding hydrogens is 272 g/mol. The first-order chi connectivity index (χ1) is 9.90. The number of rotatable bonds is 4. The minimum absolute atomic E-state index is 0.0834. The molecule has 1 aromatic heterocycles. The first-order valence-corrected chi connectivity index (χ1v) is 7.07. The second kappa shape index (κ2) is 6.17. The van der Waals surface area contributed by atoms with E-state index in [9.17, 15) is 14.9 Å². The summed E-state index contributed by atoms with van der Waals surface area (Å²) in [6, 6.07) is 1.48. The molecule has 21 heavy (non-hydrogen) atoms.